The maximum atomic E-state index is 12.1. The van der Waals surface area contributed by atoms with Gasteiger partial charge in [0, 0.05) is 12.7 Å². The number of pyridine rings is 1. The third kappa shape index (κ3) is 4.50. The van der Waals surface area contributed by atoms with Crippen molar-refractivity contribution >= 4 is 27.8 Å². The minimum Gasteiger partial charge on any atom is -0.481 e. The molecule has 0 bridgehead atoms. The van der Waals surface area contributed by atoms with E-state index in [1.165, 1.54) is 0 Å². The van der Waals surface area contributed by atoms with Crippen molar-refractivity contribution < 1.29 is 14.7 Å². The lowest BCUT2D eigenvalue weighted by molar-refractivity contribution is -0.149. The smallest absolute Gasteiger partial charge is 0.307 e. The van der Waals surface area contributed by atoms with Gasteiger partial charge in [0.25, 0.3) is 0 Å². The molecular weight excluding hydrogens is 338 g/mol. The number of carbonyl (C=O) groups excluding carboxylic acids is 1. The van der Waals surface area contributed by atoms with Gasteiger partial charge in [0.15, 0.2) is 0 Å². The summed E-state index contributed by atoms with van der Waals surface area (Å²) in [4.78, 5) is 27.4. The summed E-state index contributed by atoms with van der Waals surface area (Å²) in [7, 11) is 0. The summed E-state index contributed by atoms with van der Waals surface area (Å²) in [6.45, 7) is 0.441. The van der Waals surface area contributed by atoms with Gasteiger partial charge in [-0.15, -0.1) is 0 Å². The van der Waals surface area contributed by atoms with Gasteiger partial charge < -0.3 is 5.11 Å². The molecule has 2 rings (SSSR count). The second-order valence-corrected chi connectivity index (χ2v) is 5.98. The van der Waals surface area contributed by atoms with Crippen LogP contribution >= 0.6 is 15.9 Å². The zero-order valence-electron chi connectivity index (χ0n) is 11.5. The fourth-order valence-corrected chi connectivity index (χ4v) is 2.81. The fraction of sp³-hybridized carbons (Fsp3) is 0.500. The Morgan fingerprint density at radius 3 is 2.62 bits per heavy atom. The second kappa shape index (κ2) is 7.51. The van der Waals surface area contributed by atoms with Gasteiger partial charge in [-0.2, -0.15) is 0 Å². The first-order valence-corrected chi connectivity index (χ1v) is 7.73. The zero-order valence-corrected chi connectivity index (χ0v) is 13.1. The van der Waals surface area contributed by atoms with Gasteiger partial charge in [-0.3, -0.25) is 15.0 Å². The number of carboxylic acids is 1. The Hall–Kier alpha value is -1.47. The number of hydrazine groups is 1. The Kier molecular flexibility index (Phi) is 5.69. The number of carbonyl (C=O) groups is 2. The molecule has 0 aromatic carbocycles. The average molecular weight is 356 g/mol. The third-order valence-electron chi connectivity index (χ3n) is 3.71. The number of aromatic nitrogens is 1. The number of halogens is 1. The minimum atomic E-state index is -0.882. The molecule has 1 aliphatic carbocycles. The van der Waals surface area contributed by atoms with Crippen molar-refractivity contribution in [2.45, 2.75) is 32.2 Å². The number of nitrogens with one attached hydrogen (secondary N) is 2. The third-order valence-corrected chi connectivity index (χ3v) is 4.18. The van der Waals surface area contributed by atoms with Crippen molar-refractivity contribution in [2.24, 2.45) is 11.8 Å². The van der Waals surface area contributed by atoms with Crippen molar-refractivity contribution in [3.63, 3.8) is 0 Å². The van der Waals surface area contributed by atoms with Crippen molar-refractivity contribution in [1.82, 2.24) is 15.8 Å². The van der Waals surface area contributed by atoms with Crippen LogP contribution in [0.3, 0.4) is 0 Å². The monoisotopic (exact) mass is 355 g/mol. The summed E-state index contributed by atoms with van der Waals surface area (Å²) in [5.41, 5.74) is 6.37. The maximum Gasteiger partial charge on any atom is 0.307 e. The Morgan fingerprint density at radius 1 is 1.29 bits per heavy atom. The summed E-state index contributed by atoms with van der Waals surface area (Å²) in [5.74, 6) is -2.15. The summed E-state index contributed by atoms with van der Waals surface area (Å²) >= 11 is 3.25. The predicted octanol–water partition coefficient (Wildman–Crippen LogP) is 1.86. The van der Waals surface area contributed by atoms with Crippen LogP contribution in [0.5, 0.6) is 0 Å². The highest BCUT2D eigenvalue weighted by atomic mass is 79.9. The fourth-order valence-electron chi connectivity index (χ4n) is 2.58. The van der Waals surface area contributed by atoms with E-state index in [0.29, 0.717) is 19.4 Å². The van der Waals surface area contributed by atoms with Crippen LogP contribution in [0.2, 0.25) is 0 Å². The quantitative estimate of drug-likeness (QED) is 0.553. The second-order valence-electron chi connectivity index (χ2n) is 5.17. The first-order valence-electron chi connectivity index (χ1n) is 6.94. The van der Waals surface area contributed by atoms with E-state index in [2.05, 4.69) is 31.8 Å². The molecule has 0 saturated heterocycles. The number of amides is 1. The number of hydrogen-bond acceptors (Lipinski definition) is 4. The molecule has 21 heavy (non-hydrogen) atoms. The van der Waals surface area contributed by atoms with Gasteiger partial charge in [-0.25, -0.2) is 10.4 Å². The summed E-state index contributed by atoms with van der Waals surface area (Å²) < 4.78 is 0.752. The molecule has 6 nitrogen and oxygen atoms in total. The molecule has 0 spiro atoms. The molecule has 2 unspecified atom stereocenters. The molecule has 1 heterocycles. The van der Waals surface area contributed by atoms with E-state index in [1.807, 2.05) is 12.1 Å². The molecule has 2 atom stereocenters. The maximum absolute atomic E-state index is 12.1. The lowest BCUT2D eigenvalue weighted by atomic mass is 9.79. The largest absolute Gasteiger partial charge is 0.481 e. The number of nitrogens with zero attached hydrogens (tertiary/aromatic N) is 1. The van der Waals surface area contributed by atoms with E-state index in [9.17, 15) is 14.7 Å². The number of carboxylic acid groups (broad SMARTS) is 1. The normalized spacial score (nSPS) is 21.8. The predicted molar refractivity (Wildman–Crippen MR) is 80.0 cm³/mol. The Morgan fingerprint density at radius 2 is 2.00 bits per heavy atom. The van der Waals surface area contributed by atoms with Crippen molar-refractivity contribution in [2.75, 3.05) is 0 Å². The Labute approximate surface area is 131 Å². The molecule has 1 saturated carbocycles. The van der Waals surface area contributed by atoms with Crippen LogP contribution in [-0.2, 0) is 16.1 Å². The van der Waals surface area contributed by atoms with Crippen LogP contribution in [0.4, 0.5) is 0 Å². The molecular formula is C14H18BrN3O3. The standard InChI is InChI=1S/C14H18BrN3O3/c15-12-6-5-9(7-16-12)8-17-18-13(19)10-3-1-2-4-11(10)14(20)21/h5-7,10-11,17H,1-4,8H2,(H,18,19)(H,20,21). The molecule has 114 valence electrons. The van der Waals surface area contributed by atoms with E-state index in [1.54, 1.807) is 6.20 Å². The SMILES string of the molecule is O=C(O)C1CCCCC1C(=O)NNCc1ccc(Br)nc1. The van der Waals surface area contributed by atoms with Crippen molar-refractivity contribution in [3.05, 3.63) is 28.5 Å². The molecule has 1 aromatic heterocycles. The average Bonchev–Trinajstić information content (AvgIpc) is 2.49. The van der Waals surface area contributed by atoms with Gasteiger partial charge >= 0.3 is 5.97 Å². The van der Waals surface area contributed by atoms with E-state index < -0.39 is 17.8 Å². The van der Waals surface area contributed by atoms with Crippen LogP contribution in [0, 0.1) is 11.8 Å². The van der Waals surface area contributed by atoms with Crippen LogP contribution in [0.15, 0.2) is 22.9 Å². The minimum absolute atomic E-state index is 0.243. The zero-order chi connectivity index (χ0) is 15.2. The highest BCUT2D eigenvalue weighted by molar-refractivity contribution is 9.10. The molecule has 7 heteroatoms. The molecule has 1 fully saturated rings. The van der Waals surface area contributed by atoms with E-state index in [-0.39, 0.29) is 5.91 Å². The Bertz CT molecular complexity index is 507. The molecule has 0 aliphatic heterocycles. The van der Waals surface area contributed by atoms with Crippen LogP contribution in [-0.4, -0.2) is 22.0 Å². The molecule has 0 radical (unpaired) electrons. The Balaban J connectivity index is 1.83. The van der Waals surface area contributed by atoms with Crippen LogP contribution in [0.1, 0.15) is 31.2 Å². The number of aliphatic carboxylic acids is 1. The van der Waals surface area contributed by atoms with E-state index in [4.69, 9.17) is 0 Å². The highest BCUT2D eigenvalue weighted by Gasteiger charge is 2.35. The summed E-state index contributed by atoms with van der Waals surface area (Å²) in [6.07, 6.45) is 4.68. The lowest BCUT2D eigenvalue weighted by Crippen LogP contribution is -2.45. The molecule has 1 aliphatic rings. The topological polar surface area (TPSA) is 91.3 Å². The molecule has 3 N–H and O–H groups in total. The van der Waals surface area contributed by atoms with Crippen LogP contribution < -0.4 is 10.9 Å². The molecule has 1 aromatic rings. The van der Waals surface area contributed by atoms with Crippen LogP contribution in [0.25, 0.3) is 0 Å². The van der Waals surface area contributed by atoms with E-state index >= 15 is 0 Å². The van der Waals surface area contributed by atoms with Gasteiger partial charge in [-0.1, -0.05) is 18.9 Å². The summed E-state index contributed by atoms with van der Waals surface area (Å²) in [6, 6.07) is 3.71. The first kappa shape index (κ1) is 15.9. The van der Waals surface area contributed by atoms with Crippen molar-refractivity contribution in [3.8, 4) is 0 Å². The number of hydrogen-bond donors (Lipinski definition) is 3. The van der Waals surface area contributed by atoms with E-state index in [0.717, 1.165) is 23.0 Å². The lowest BCUT2D eigenvalue weighted by Gasteiger charge is -2.27. The van der Waals surface area contributed by atoms with Gasteiger partial charge in [0.2, 0.25) is 5.91 Å². The van der Waals surface area contributed by atoms with Gasteiger partial charge in [0.1, 0.15) is 4.60 Å². The van der Waals surface area contributed by atoms with Gasteiger partial charge in [-0.05, 0) is 40.4 Å². The highest BCUT2D eigenvalue weighted by Crippen LogP contribution is 2.30. The van der Waals surface area contributed by atoms with Gasteiger partial charge in [0.05, 0.1) is 11.8 Å². The number of rotatable bonds is 5. The molecule has 1 amide bonds. The first-order chi connectivity index (χ1) is 10.1. The van der Waals surface area contributed by atoms with Crippen molar-refractivity contribution in [1.29, 1.82) is 0 Å². The summed E-state index contributed by atoms with van der Waals surface area (Å²) in [5, 5.41) is 9.17.